The summed E-state index contributed by atoms with van der Waals surface area (Å²) in [4.78, 5) is 20.8. The highest BCUT2D eigenvalue weighted by Crippen LogP contribution is 2.32. The molecule has 0 bridgehead atoms. The van der Waals surface area contributed by atoms with Crippen molar-refractivity contribution in [2.45, 2.75) is 0 Å². The summed E-state index contributed by atoms with van der Waals surface area (Å²) in [5.41, 5.74) is 5.01. The molecule has 118 valence electrons. The molecule has 7 heteroatoms. The molecule has 0 radical (unpaired) electrons. The Morgan fingerprint density at radius 1 is 1.12 bits per heavy atom. The van der Waals surface area contributed by atoms with Gasteiger partial charge in [-0.15, -0.1) is 0 Å². The van der Waals surface area contributed by atoms with Gasteiger partial charge in [0.15, 0.2) is 11.5 Å². The van der Waals surface area contributed by atoms with Gasteiger partial charge in [0.1, 0.15) is 5.69 Å². The smallest absolute Gasteiger partial charge is 0.271 e. The number of carbonyl (C=O) groups is 1. The molecule has 0 fully saturated rings. The summed E-state index contributed by atoms with van der Waals surface area (Å²) >= 11 is 0. The van der Waals surface area contributed by atoms with Crippen molar-refractivity contribution < 1.29 is 14.3 Å². The predicted octanol–water partition coefficient (Wildman–Crippen LogP) is 2.12. The van der Waals surface area contributed by atoms with Crippen LogP contribution in [-0.2, 0) is 0 Å². The van der Waals surface area contributed by atoms with Gasteiger partial charge in [0.05, 0.1) is 23.4 Å². The lowest BCUT2D eigenvalue weighted by Crippen LogP contribution is -2.17. The number of hydrogen-bond acceptors (Lipinski definition) is 6. The summed E-state index contributed by atoms with van der Waals surface area (Å²) < 4.78 is 10.5. The molecular formula is C17H12N4O3. The van der Waals surface area contributed by atoms with Crippen LogP contribution in [0.15, 0.2) is 53.8 Å². The van der Waals surface area contributed by atoms with E-state index < -0.39 is 0 Å². The van der Waals surface area contributed by atoms with E-state index in [-0.39, 0.29) is 12.7 Å². The minimum Gasteiger partial charge on any atom is -0.454 e. The predicted molar refractivity (Wildman–Crippen MR) is 87.2 cm³/mol. The summed E-state index contributed by atoms with van der Waals surface area (Å²) in [6.45, 7) is 0.166. The van der Waals surface area contributed by atoms with Crippen molar-refractivity contribution in [1.29, 1.82) is 0 Å². The number of hydrazone groups is 1. The van der Waals surface area contributed by atoms with Gasteiger partial charge in [0.2, 0.25) is 6.79 Å². The lowest BCUT2D eigenvalue weighted by molar-refractivity contribution is 0.0954. The fraction of sp³-hybridized carbons (Fsp3) is 0.0588. The van der Waals surface area contributed by atoms with Gasteiger partial charge in [-0.05, 0) is 30.3 Å². The highest BCUT2D eigenvalue weighted by Gasteiger charge is 2.15. The van der Waals surface area contributed by atoms with Gasteiger partial charge in [-0.2, -0.15) is 5.10 Å². The molecule has 3 aromatic rings. The number of nitrogens with zero attached hydrogens (tertiary/aromatic N) is 3. The normalized spacial score (nSPS) is 12.7. The largest absolute Gasteiger partial charge is 0.454 e. The number of hydrogen-bond donors (Lipinski definition) is 1. The van der Waals surface area contributed by atoms with Gasteiger partial charge in [-0.3, -0.25) is 9.78 Å². The molecule has 0 spiro atoms. The van der Waals surface area contributed by atoms with E-state index in [9.17, 15) is 4.79 Å². The monoisotopic (exact) mass is 320 g/mol. The van der Waals surface area contributed by atoms with Crippen LogP contribution in [0.3, 0.4) is 0 Å². The number of aromatic nitrogens is 2. The summed E-state index contributed by atoms with van der Waals surface area (Å²) in [6, 6.07) is 12.5. The minimum absolute atomic E-state index is 0.166. The Hall–Kier alpha value is -3.48. The third-order valence-corrected chi connectivity index (χ3v) is 3.46. The second-order valence-electron chi connectivity index (χ2n) is 5.05. The van der Waals surface area contributed by atoms with Crippen LogP contribution < -0.4 is 14.9 Å². The fourth-order valence-corrected chi connectivity index (χ4v) is 2.29. The number of rotatable bonds is 3. The van der Waals surface area contributed by atoms with E-state index in [4.69, 9.17) is 9.47 Å². The minimum atomic E-state index is -0.349. The molecule has 0 aliphatic carbocycles. The molecule has 0 unspecified atom stereocenters. The number of carbonyl (C=O) groups excluding carboxylic acids is 1. The maximum Gasteiger partial charge on any atom is 0.271 e. The number of fused-ring (bicyclic) bond motifs is 2. The van der Waals surface area contributed by atoms with Crippen LogP contribution in [0.5, 0.6) is 11.5 Å². The van der Waals surface area contributed by atoms with E-state index in [0.29, 0.717) is 22.8 Å². The van der Waals surface area contributed by atoms with E-state index in [1.807, 2.05) is 24.3 Å². The van der Waals surface area contributed by atoms with Gasteiger partial charge in [-0.25, -0.2) is 10.4 Å². The van der Waals surface area contributed by atoms with Gasteiger partial charge < -0.3 is 9.47 Å². The molecule has 0 atom stereocenters. The Labute approximate surface area is 137 Å². The molecule has 2 heterocycles. The Balaban J connectivity index is 1.47. The molecule has 24 heavy (non-hydrogen) atoms. The maximum absolute atomic E-state index is 12.1. The highest BCUT2D eigenvalue weighted by molar-refractivity contribution is 5.95. The first-order valence-electron chi connectivity index (χ1n) is 7.24. The van der Waals surface area contributed by atoms with Crippen molar-refractivity contribution in [2.24, 2.45) is 5.10 Å². The zero-order valence-electron chi connectivity index (χ0n) is 12.5. The van der Waals surface area contributed by atoms with E-state index >= 15 is 0 Å². The molecule has 1 aliphatic rings. The lowest BCUT2D eigenvalue weighted by atomic mass is 10.2. The Bertz CT molecular complexity index is 955. The zero-order valence-corrected chi connectivity index (χ0v) is 12.5. The standard InChI is InChI=1S/C17H12N4O3/c22-17(11-5-6-15-16(7-11)24-10-23-15)21-19-9-12-8-18-13-3-1-2-4-14(13)20-12/h1-9H,10H2,(H,21,22)/b19-9-. The fourth-order valence-electron chi connectivity index (χ4n) is 2.29. The molecule has 1 aliphatic heterocycles. The van der Waals surface area contributed by atoms with Crippen molar-refractivity contribution in [1.82, 2.24) is 15.4 Å². The quantitative estimate of drug-likeness (QED) is 0.590. The zero-order chi connectivity index (χ0) is 16.4. The second kappa shape index (κ2) is 5.96. The van der Waals surface area contributed by atoms with Gasteiger partial charge in [0, 0.05) is 5.56 Å². The number of ether oxygens (including phenoxy) is 2. The number of para-hydroxylation sites is 2. The Kier molecular flexibility index (Phi) is 3.51. The van der Waals surface area contributed by atoms with Crippen LogP contribution in [0.2, 0.25) is 0 Å². The van der Waals surface area contributed by atoms with Crippen LogP contribution in [0.25, 0.3) is 11.0 Å². The van der Waals surface area contributed by atoms with Crippen LogP contribution in [-0.4, -0.2) is 28.9 Å². The number of benzene rings is 2. The van der Waals surface area contributed by atoms with Crippen LogP contribution in [0.4, 0.5) is 0 Å². The van der Waals surface area contributed by atoms with E-state index in [1.165, 1.54) is 6.21 Å². The van der Waals surface area contributed by atoms with Crippen LogP contribution >= 0.6 is 0 Å². The van der Waals surface area contributed by atoms with Gasteiger partial charge >= 0.3 is 0 Å². The van der Waals surface area contributed by atoms with Crippen molar-refractivity contribution in [3.05, 3.63) is 59.9 Å². The van der Waals surface area contributed by atoms with E-state index in [1.54, 1.807) is 24.4 Å². The maximum atomic E-state index is 12.1. The SMILES string of the molecule is O=C(N/N=C\c1cnc2ccccc2n1)c1ccc2c(c1)OCO2. The second-order valence-corrected chi connectivity index (χ2v) is 5.05. The van der Waals surface area contributed by atoms with Crippen molar-refractivity contribution in [2.75, 3.05) is 6.79 Å². The van der Waals surface area contributed by atoms with Gasteiger partial charge in [-0.1, -0.05) is 12.1 Å². The van der Waals surface area contributed by atoms with Crippen LogP contribution in [0, 0.1) is 0 Å². The first-order chi connectivity index (χ1) is 11.8. The van der Waals surface area contributed by atoms with Crippen molar-refractivity contribution in [3.8, 4) is 11.5 Å². The first kappa shape index (κ1) is 14.1. The number of nitrogens with one attached hydrogen (secondary N) is 1. The Morgan fingerprint density at radius 3 is 2.88 bits per heavy atom. The third kappa shape index (κ3) is 2.74. The molecule has 1 N–H and O–H groups in total. The molecule has 1 amide bonds. The van der Waals surface area contributed by atoms with Gasteiger partial charge in [0.25, 0.3) is 5.91 Å². The van der Waals surface area contributed by atoms with Crippen molar-refractivity contribution >= 4 is 23.2 Å². The molecule has 2 aromatic carbocycles. The number of amides is 1. The molecule has 0 saturated carbocycles. The summed E-state index contributed by atoms with van der Waals surface area (Å²) in [5.74, 6) is 0.826. The topological polar surface area (TPSA) is 85.7 Å². The van der Waals surface area contributed by atoms with E-state index in [0.717, 1.165) is 11.0 Å². The van der Waals surface area contributed by atoms with Crippen LogP contribution in [0.1, 0.15) is 16.1 Å². The summed E-state index contributed by atoms with van der Waals surface area (Å²) in [5, 5.41) is 3.92. The molecule has 4 rings (SSSR count). The molecule has 1 aromatic heterocycles. The summed E-state index contributed by atoms with van der Waals surface area (Å²) in [6.07, 6.45) is 3.04. The lowest BCUT2D eigenvalue weighted by Gasteiger charge is -2.01. The molecular weight excluding hydrogens is 308 g/mol. The summed E-state index contributed by atoms with van der Waals surface area (Å²) in [7, 11) is 0. The average Bonchev–Trinajstić information content (AvgIpc) is 3.09. The van der Waals surface area contributed by atoms with Crippen molar-refractivity contribution in [3.63, 3.8) is 0 Å². The highest BCUT2D eigenvalue weighted by atomic mass is 16.7. The van der Waals surface area contributed by atoms with E-state index in [2.05, 4.69) is 20.5 Å². The Morgan fingerprint density at radius 2 is 1.96 bits per heavy atom. The first-order valence-corrected chi connectivity index (χ1v) is 7.24. The average molecular weight is 320 g/mol. The third-order valence-electron chi connectivity index (χ3n) is 3.46. The molecule has 7 nitrogen and oxygen atoms in total. The molecule has 0 saturated heterocycles.